The maximum atomic E-state index is 9.92. The summed E-state index contributed by atoms with van der Waals surface area (Å²) in [5.41, 5.74) is 1.67. The van der Waals surface area contributed by atoms with Gasteiger partial charge in [-0.2, -0.15) is 0 Å². The van der Waals surface area contributed by atoms with Gasteiger partial charge < -0.3 is 14.6 Å². The Bertz CT molecular complexity index is 557. The molecule has 2 heterocycles. The lowest BCUT2D eigenvalue weighted by atomic mass is 10.0. The van der Waals surface area contributed by atoms with Gasteiger partial charge in [0.1, 0.15) is 18.1 Å². The van der Waals surface area contributed by atoms with Crippen molar-refractivity contribution in [2.45, 2.75) is 19.1 Å². The number of ether oxygens (including phenoxy) is 2. The second-order valence-corrected chi connectivity index (χ2v) is 4.46. The van der Waals surface area contributed by atoms with Crippen LogP contribution in [0.15, 0.2) is 42.6 Å². The lowest BCUT2D eigenvalue weighted by Gasteiger charge is -2.22. The van der Waals surface area contributed by atoms with Crippen molar-refractivity contribution in [1.29, 1.82) is 0 Å². The molecular formula is C15H15NO3. The highest BCUT2D eigenvalue weighted by Crippen LogP contribution is 2.34. The van der Waals surface area contributed by atoms with Gasteiger partial charge in [-0.1, -0.05) is 6.07 Å². The van der Waals surface area contributed by atoms with E-state index < -0.39 is 6.10 Å². The number of pyridine rings is 1. The average Bonchev–Trinajstić information content (AvgIpc) is 2.47. The molecule has 0 aliphatic carbocycles. The van der Waals surface area contributed by atoms with Crippen LogP contribution in [-0.2, 0) is 6.61 Å². The van der Waals surface area contributed by atoms with Crippen LogP contribution in [0.2, 0.25) is 0 Å². The fourth-order valence-corrected chi connectivity index (χ4v) is 2.08. The van der Waals surface area contributed by atoms with Crippen molar-refractivity contribution in [3.63, 3.8) is 0 Å². The zero-order valence-electron chi connectivity index (χ0n) is 10.5. The summed E-state index contributed by atoms with van der Waals surface area (Å²) in [5, 5.41) is 9.92. The van der Waals surface area contributed by atoms with E-state index >= 15 is 0 Å². The highest BCUT2D eigenvalue weighted by atomic mass is 16.5. The van der Waals surface area contributed by atoms with E-state index in [0.29, 0.717) is 25.4 Å². The minimum Gasteiger partial charge on any atom is -0.493 e. The number of aliphatic hydroxyl groups excluding tert-OH is 1. The Morgan fingerprint density at radius 1 is 1.32 bits per heavy atom. The molecule has 1 unspecified atom stereocenters. The standard InChI is InChI=1S/C15H15NO3/c17-14-6-8-18-15-5-4-12(9-13(14)15)19-10-11-3-1-2-7-16-11/h1-5,7,9,14,17H,6,8,10H2. The third kappa shape index (κ3) is 2.69. The normalized spacial score (nSPS) is 17.4. The molecule has 19 heavy (non-hydrogen) atoms. The molecule has 3 rings (SSSR count). The van der Waals surface area contributed by atoms with E-state index in [1.807, 2.05) is 36.4 Å². The quantitative estimate of drug-likeness (QED) is 0.917. The zero-order chi connectivity index (χ0) is 13.1. The zero-order valence-corrected chi connectivity index (χ0v) is 10.5. The van der Waals surface area contributed by atoms with Gasteiger partial charge >= 0.3 is 0 Å². The lowest BCUT2D eigenvalue weighted by molar-refractivity contribution is 0.115. The number of aromatic nitrogens is 1. The minimum absolute atomic E-state index is 0.413. The van der Waals surface area contributed by atoms with Gasteiger partial charge in [-0.25, -0.2) is 0 Å². The summed E-state index contributed by atoms with van der Waals surface area (Å²) in [5.74, 6) is 1.46. The van der Waals surface area contributed by atoms with Gasteiger partial charge in [0.2, 0.25) is 0 Å². The number of rotatable bonds is 3. The molecule has 2 aromatic rings. The van der Waals surface area contributed by atoms with Gasteiger partial charge in [-0.05, 0) is 30.3 Å². The first-order valence-electron chi connectivity index (χ1n) is 6.30. The van der Waals surface area contributed by atoms with Gasteiger partial charge in [0.15, 0.2) is 0 Å². The Balaban J connectivity index is 1.74. The van der Waals surface area contributed by atoms with Crippen LogP contribution in [-0.4, -0.2) is 16.7 Å². The number of benzene rings is 1. The molecule has 0 fully saturated rings. The number of hydrogen-bond donors (Lipinski definition) is 1. The molecule has 1 N–H and O–H groups in total. The molecule has 1 atom stereocenters. The molecule has 4 nitrogen and oxygen atoms in total. The van der Waals surface area contributed by atoms with Crippen molar-refractivity contribution in [1.82, 2.24) is 4.98 Å². The highest BCUT2D eigenvalue weighted by molar-refractivity contribution is 5.42. The van der Waals surface area contributed by atoms with Gasteiger partial charge in [0.05, 0.1) is 18.4 Å². The van der Waals surface area contributed by atoms with E-state index in [4.69, 9.17) is 9.47 Å². The fourth-order valence-electron chi connectivity index (χ4n) is 2.08. The second-order valence-electron chi connectivity index (χ2n) is 4.46. The number of aliphatic hydroxyl groups is 1. The van der Waals surface area contributed by atoms with Crippen LogP contribution in [0.1, 0.15) is 23.8 Å². The Kier molecular flexibility index (Phi) is 3.33. The molecule has 0 saturated heterocycles. The summed E-state index contributed by atoms with van der Waals surface area (Å²) in [6, 6.07) is 11.2. The van der Waals surface area contributed by atoms with Gasteiger partial charge in [0, 0.05) is 18.2 Å². The monoisotopic (exact) mass is 257 g/mol. The predicted molar refractivity (Wildman–Crippen MR) is 70.1 cm³/mol. The number of nitrogens with zero attached hydrogens (tertiary/aromatic N) is 1. The largest absolute Gasteiger partial charge is 0.493 e. The summed E-state index contributed by atoms with van der Waals surface area (Å²) in [6.45, 7) is 0.971. The lowest BCUT2D eigenvalue weighted by Crippen LogP contribution is -2.13. The molecule has 98 valence electrons. The van der Waals surface area contributed by atoms with Crippen LogP contribution >= 0.6 is 0 Å². The van der Waals surface area contributed by atoms with Crippen molar-refractivity contribution in [2.75, 3.05) is 6.61 Å². The smallest absolute Gasteiger partial charge is 0.130 e. The van der Waals surface area contributed by atoms with E-state index in [-0.39, 0.29) is 0 Å². The third-order valence-electron chi connectivity index (χ3n) is 3.10. The first kappa shape index (κ1) is 12.0. The Morgan fingerprint density at radius 3 is 3.11 bits per heavy atom. The molecule has 0 bridgehead atoms. The summed E-state index contributed by atoms with van der Waals surface area (Å²) >= 11 is 0. The second kappa shape index (κ2) is 5.28. The molecule has 0 radical (unpaired) electrons. The Labute approximate surface area is 111 Å². The Morgan fingerprint density at radius 2 is 2.26 bits per heavy atom. The first-order chi connectivity index (χ1) is 9.33. The van der Waals surface area contributed by atoms with E-state index in [1.54, 1.807) is 6.20 Å². The summed E-state index contributed by atoms with van der Waals surface area (Å²) < 4.78 is 11.2. The maximum Gasteiger partial charge on any atom is 0.130 e. The average molecular weight is 257 g/mol. The maximum absolute atomic E-state index is 9.92. The first-order valence-corrected chi connectivity index (χ1v) is 6.30. The summed E-state index contributed by atoms with van der Waals surface area (Å²) in [4.78, 5) is 4.20. The molecule has 1 aromatic heterocycles. The van der Waals surface area contributed by atoms with Crippen LogP contribution in [0.25, 0.3) is 0 Å². The van der Waals surface area contributed by atoms with Crippen LogP contribution in [0.5, 0.6) is 11.5 Å². The molecular weight excluding hydrogens is 242 g/mol. The fraction of sp³-hybridized carbons (Fsp3) is 0.267. The summed E-state index contributed by atoms with van der Waals surface area (Å²) in [7, 11) is 0. The van der Waals surface area contributed by atoms with Crippen molar-refractivity contribution in [3.05, 3.63) is 53.9 Å². The van der Waals surface area contributed by atoms with Gasteiger partial charge in [-0.15, -0.1) is 0 Å². The van der Waals surface area contributed by atoms with Crippen LogP contribution in [0.4, 0.5) is 0 Å². The molecule has 0 amide bonds. The molecule has 1 aromatic carbocycles. The van der Waals surface area contributed by atoms with Crippen molar-refractivity contribution >= 4 is 0 Å². The molecule has 1 aliphatic rings. The SMILES string of the molecule is OC1CCOc2ccc(OCc3ccccn3)cc21. The predicted octanol–water partition coefficient (Wildman–Crippen LogP) is 2.48. The number of hydrogen-bond acceptors (Lipinski definition) is 4. The van der Waals surface area contributed by atoms with Crippen molar-refractivity contribution in [3.8, 4) is 11.5 Å². The minimum atomic E-state index is -0.470. The van der Waals surface area contributed by atoms with Crippen molar-refractivity contribution < 1.29 is 14.6 Å². The van der Waals surface area contributed by atoms with Crippen LogP contribution in [0, 0.1) is 0 Å². The highest BCUT2D eigenvalue weighted by Gasteiger charge is 2.19. The van der Waals surface area contributed by atoms with Gasteiger partial charge in [-0.3, -0.25) is 4.98 Å². The van der Waals surface area contributed by atoms with Gasteiger partial charge in [0.25, 0.3) is 0 Å². The van der Waals surface area contributed by atoms with E-state index in [0.717, 1.165) is 17.0 Å². The van der Waals surface area contributed by atoms with E-state index in [9.17, 15) is 5.11 Å². The summed E-state index contributed by atoms with van der Waals surface area (Å²) in [6.07, 6.45) is 1.89. The van der Waals surface area contributed by atoms with Crippen molar-refractivity contribution in [2.24, 2.45) is 0 Å². The molecule has 0 saturated carbocycles. The third-order valence-corrected chi connectivity index (χ3v) is 3.10. The topological polar surface area (TPSA) is 51.6 Å². The molecule has 4 heteroatoms. The van der Waals surface area contributed by atoms with Crippen LogP contribution < -0.4 is 9.47 Å². The molecule has 0 spiro atoms. The molecule has 1 aliphatic heterocycles. The van der Waals surface area contributed by atoms with E-state index in [1.165, 1.54) is 0 Å². The number of fused-ring (bicyclic) bond motifs is 1. The Hall–Kier alpha value is -2.07. The van der Waals surface area contributed by atoms with Crippen LogP contribution in [0.3, 0.4) is 0 Å². The van der Waals surface area contributed by atoms with E-state index in [2.05, 4.69) is 4.98 Å².